The first-order valence-electron chi connectivity index (χ1n) is 21.7. The number of nitrogens with zero attached hydrogens (tertiary/aromatic N) is 1. The molecule has 0 spiro atoms. The largest absolute Gasteiger partial charge is 0.496 e. The second-order valence-corrected chi connectivity index (χ2v) is 16.0. The summed E-state index contributed by atoms with van der Waals surface area (Å²) >= 11 is 0. The summed E-state index contributed by atoms with van der Waals surface area (Å²) in [6.07, 6.45) is 26.8. The normalized spacial score (nSPS) is 24.0. The highest BCUT2D eigenvalue weighted by Gasteiger charge is 2.45. The van der Waals surface area contributed by atoms with E-state index < -0.39 is 43.4 Å². The van der Waals surface area contributed by atoms with Crippen molar-refractivity contribution in [2.75, 3.05) is 26.8 Å². The number of aliphatic hydroxyl groups excluding tert-OH is 4. The van der Waals surface area contributed by atoms with Crippen LogP contribution in [0.1, 0.15) is 92.9 Å². The van der Waals surface area contributed by atoms with Gasteiger partial charge in [-0.3, -0.25) is 15.0 Å². The summed E-state index contributed by atoms with van der Waals surface area (Å²) in [6.45, 7) is 12.5. The van der Waals surface area contributed by atoms with Crippen molar-refractivity contribution in [1.82, 2.24) is 10.2 Å². The number of guanidine groups is 1. The van der Waals surface area contributed by atoms with Crippen LogP contribution in [0.4, 0.5) is 0 Å². The van der Waals surface area contributed by atoms with Gasteiger partial charge >= 0.3 is 0 Å². The van der Waals surface area contributed by atoms with E-state index in [4.69, 9.17) is 25.4 Å². The zero-order valence-electron chi connectivity index (χ0n) is 37.4. The van der Waals surface area contributed by atoms with Crippen molar-refractivity contribution in [3.63, 3.8) is 0 Å². The second-order valence-electron chi connectivity index (χ2n) is 16.0. The lowest BCUT2D eigenvalue weighted by Crippen LogP contribution is -2.60. The number of hydrogen-bond acceptors (Lipinski definition) is 10. The maximum absolute atomic E-state index is 12.6. The van der Waals surface area contributed by atoms with E-state index in [9.17, 15) is 30.0 Å². The Hall–Kier alpha value is -4.37. The molecule has 8 N–H and O–H groups in total. The maximum atomic E-state index is 12.6. The van der Waals surface area contributed by atoms with E-state index in [0.29, 0.717) is 36.7 Å². The summed E-state index contributed by atoms with van der Waals surface area (Å²) in [7, 11) is 1.83. The molecule has 0 bridgehead atoms. The molecule has 1 fully saturated rings. The summed E-state index contributed by atoms with van der Waals surface area (Å²) in [5.41, 5.74) is 7.10. The standard InChI is InChI=1S/C48H74N4O9/c1-8-59-39-29-28-38(54)41(39)51-46(58)36(5)27-21-13-11-9-10-12-20-26-35(4)45(61-47-44(57)43(56)42(55)40(32-53)60-47)37(6)31-34(3)25-19-16-18-24-33(2)23-17-14-15-22-30-52(7)48(49)50/h9-14,17-18,20-21,24,26-27,31,33-35,40,42-45,47,53,55-57H,8,15-16,19,22-23,25,28-30,32H2,1-7H3,(H3,49,50)(H,51,58)/b11-9+,12-10+,17-14+,21-13+,24-18+,26-20+,36-27+,37-31+. The van der Waals surface area contributed by atoms with E-state index in [1.54, 1.807) is 30.1 Å². The summed E-state index contributed by atoms with van der Waals surface area (Å²) < 4.78 is 17.5. The van der Waals surface area contributed by atoms with Crippen LogP contribution in [0.5, 0.6) is 0 Å². The Morgan fingerprint density at radius 3 is 2.28 bits per heavy atom. The third-order valence-electron chi connectivity index (χ3n) is 10.5. The highest BCUT2D eigenvalue weighted by molar-refractivity contribution is 6.04. The smallest absolute Gasteiger partial charge is 0.251 e. The molecule has 13 nitrogen and oxygen atoms in total. The van der Waals surface area contributed by atoms with Crippen LogP contribution in [0.2, 0.25) is 0 Å². The Morgan fingerprint density at radius 1 is 0.934 bits per heavy atom. The minimum Gasteiger partial charge on any atom is -0.496 e. The van der Waals surface area contributed by atoms with Crippen molar-refractivity contribution < 1.29 is 44.2 Å². The first-order valence-corrected chi connectivity index (χ1v) is 21.7. The lowest BCUT2D eigenvalue weighted by Gasteiger charge is -2.41. The molecule has 0 aromatic rings. The third kappa shape index (κ3) is 19.5. The van der Waals surface area contributed by atoms with Crippen LogP contribution >= 0.6 is 0 Å². The van der Waals surface area contributed by atoms with Crippen LogP contribution in [-0.4, -0.2) is 107 Å². The predicted octanol–water partition coefficient (Wildman–Crippen LogP) is 6.20. The number of allylic oxidation sites excluding steroid dienone is 15. The van der Waals surface area contributed by atoms with Crippen molar-refractivity contribution >= 4 is 17.6 Å². The molecule has 0 radical (unpaired) electrons. The van der Waals surface area contributed by atoms with Gasteiger partial charge in [0.05, 0.1) is 19.3 Å². The number of nitrogens with one attached hydrogen (secondary N) is 2. The third-order valence-corrected chi connectivity index (χ3v) is 10.5. The zero-order chi connectivity index (χ0) is 45.3. The van der Waals surface area contributed by atoms with E-state index in [-0.39, 0.29) is 35.2 Å². The average molecular weight is 851 g/mol. The van der Waals surface area contributed by atoms with Crippen LogP contribution < -0.4 is 11.1 Å². The van der Waals surface area contributed by atoms with Gasteiger partial charge in [0.25, 0.3) is 5.91 Å². The molecule has 1 amide bonds. The Kier molecular flexibility index (Phi) is 25.1. The van der Waals surface area contributed by atoms with Crippen LogP contribution in [-0.2, 0) is 23.8 Å². The van der Waals surface area contributed by atoms with E-state index in [1.165, 1.54) is 0 Å². The Balaban J connectivity index is 1.99. The number of amides is 1. The molecule has 2 aliphatic rings. The number of unbranched alkanes of at least 4 members (excludes halogenated alkanes) is 2. The number of ether oxygens (including phenoxy) is 3. The van der Waals surface area contributed by atoms with Crippen molar-refractivity contribution in [3.05, 3.63) is 108 Å². The fraction of sp³-hybridized carbons (Fsp3) is 0.562. The Labute approximate surface area is 364 Å². The van der Waals surface area contributed by atoms with Gasteiger partial charge in [-0.1, -0.05) is 106 Å². The molecule has 0 aromatic heterocycles. The van der Waals surface area contributed by atoms with Gasteiger partial charge in [0.1, 0.15) is 35.9 Å². The molecule has 61 heavy (non-hydrogen) atoms. The van der Waals surface area contributed by atoms with E-state index in [1.807, 2.05) is 64.3 Å². The number of carbonyl (C=O) groups excluding carboxylic acids is 2. The number of carbonyl (C=O) groups is 2. The lowest BCUT2D eigenvalue weighted by atomic mass is 9.92. The molecular formula is C48H74N4O9. The molecule has 9 atom stereocenters. The first kappa shape index (κ1) is 52.8. The summed E-state index contributed by atoms with van der Waals surface area (Å²) in [5.74, 6) is 0.622. The van der Waals surface area contributed by atoms with Crippen molar-refractivity contribution in [2.24, 2.45) is 23.5 Å². The van der Waals surface area contributed by atoms with Gasteiger partial charge in [-0.05, 0) is 76.7 Å². The highest BCUT2D eigenvalue weighted by Crippen LogP contribution is 2.29. The van der Waals surface area contributed by atoms with Gasteiger partial charge in [0, 0.05) is 37.9 Å². The SMILES string of the molecule is CCOC1=C(NC(=O)/C(C)=C/C=C/C=C/C=C/C=C/C(C)C(OC2OC(CO)C(O)C(O)C2O)/C(C)=C/C(C)CCC/C=C/C(C)C/C=C/CCCN(C)C(=N)N)C(=O)CC1. The maximum Gasteiger partial charge on any atom is 0.251 e. The number of hydrogen-bond donors (Lipinski definition) is 7. The molecule has 340 valence electrons. The van der Waals surface area contributed by atoms with Gasteiger partial charge in [-0.2, -0.15) is 0 Å². The minimum absolute atomic E-state index is 0.0927. The highest BCUT2D eigenvalue weighted by atomic mass is 16.7. The lowest BCUT2D eigenvalue weighted by molar-refractivity contribution is -0.310. The van der Waals surface area contributed by atoms with Gasteiger partial charge in [0.2, 0.25) is 0 Å². The first-order chi connectivity index (χ1) is 29.1. The molecular weight excluding hydrogens is 777 g/mol. The van der Waals surface area contributed by atoms with E-state index in [0.717, 1.165) is 50.6 Å². The minimum atomic E-state index is -1.54. The number of aliphatic hydroxyl groups is 4. The van der Waals surface area contributed by atoms with Crippen molar-refractivity contribution in [3.8, 4) is 0 Å². The molecule has 1 aliphatic carbocycles. The zero-order valence-corrected chi connectivity index (χ0v) is 37.4. The Bertz CT molecular complexity index is 1660. The van der Waals surface area contributed by atoms with Crippen LogP contribution in [0.25, 0.3) is 0 Å². The molecule has 0 saturated carbocycles. The van der Waals surface area contributed by atoms with Gasteiger partial charge < -0.3 is 50.6 Å². The number of rotatable bonds is 26. The molecule has 2 rings (SSSR count). The van der Waals surface area contributed by atoms with Crippen LogP contribution in [0, 0.1) is 23.2 Å². The summed E-state index contributed by atoms with van der Waals surface area (Å²) in [5, 5.41) is 51.3. The van der Waals surface area contributed by atoms with E-state index >= 15 is 0 Å². The predicted molar refractivity (Wildman–Crippen MR) is 242 cm³/mol. The fourth-order valence-corrected chi connectivity index (χ4v) is 6.80. The molecule has 1 heterocycles. The van der Waals surface area contributed by atoms with Crippen molar-refractivity contribution in [2.45, 2.75) is 130 Å². The van der Waals surface area contributed by atoms with Gasteiger partial charge in [-0.15, -0.1) is 0 Å². The van der Waals surface area contributed by atoms with E-state index in [2.05, 4.69) is 49.5 Å². The molecule has 1 aliphatic heterocycles. The molecule has 1 saturated heterocycles. The molecule has 0 aromatic carbocycles. The summed E-state index contributed by atoms with van der Waals surface area (Å²) in [4.78, 5) is 26.5. The number of ketones is 1. The molecule has 9 unspecified atom stereocenters. The fourth-order valence-electron chi connectivity index (χ4n) is 6.80. The van der Waals surface area contributed by atoms with Crippen LogP contribution in [0.15, 0.2) is 108 Å². The van der Waals surface area contributed by atoms with Gasteiger partial charge in [0.15, 0.2) is 18.0 Å². The summed E-state index contributed by atoms with van der Waals surface area (Å²) in [6, 6.07) is 0. The average Bonchev–Trinajstić information content (AvgIpc) is 3.56. The monoisotopic (exact) mass is 851 g/mol. The quantitative estimate of drug-likeness (QED) is 0.0130. The van der Waals surface area contributed by atoms with Crippen molar-refractivity contribution in [1.29, 1.82) is 5.41 Å². The number of nitrogens with two attached hydrogens (primary N) is 1. The van der Waals surface area contributed by atoms with Gasteiger partial charge in [-0.25, -0.2) is 0 Å². The second kappa shape index (κ2) is 29.0. The topological polar surface area (TPSA) is 208 Å². The Morgan fingerprint density at radius 2 is 1.61 bits per heavy atom. The molecule has 13 heteroatoms. The number of Topliss-reactive ketones (excluding diaryl/α,β-unsaturated/α-hetero) is 1. The van der Waals surface area contributed by atoms with Crippen LogP contribution in [0.3, 0.4) is 0 Å².